The highest BCUT2D eigenvalue weighted by Crippen LogP contribution is 2.28. The Morgan fingerprint density at radius 1 is 0.853 bits per heavy atom. The van der Waals surface area contributed by atoms with Crippen LogP contribution in [-0.4, -0.2) is 38.2 Å². The number of ether oxygens (including phenoxy) is 3. The van der Waals surface area contributed by atoms with Crippen molar-refractivity contribution in [3.8, 4) is 17.2 Å². The molecule has 0 aliphatic heterocycles. The summed E-state index contributed by atoms with van der Waals surface area (Å²) < 4.78 is 15.8. The molecular weight excluding hydrogens is 438 g/mol. The molecule has 0 aliphatic rings. The molecule has 0 aliphatic carbocycles. The third-order valence-corrected chi connectivity index (χ3v) is 4.59. The van der Waals surface area contributed by atoms with Crippen LogP contribution in [0.3, 0.4) is 0 Å². The second-order valence-electron chi connectivity index (χ2n) is 7.05. The van der Waals surface area contributed by atoms with Gasteiger partial charge in [-0.3, -0.25) is 9.59 Å². The van der Waals surface area contributed by atoms with Crippen molar-refractivity contribution < 1.29 is 28.6 Å². The Morgan fingerprint density at radius 3 is 2.32 bits per heavy atom. The van der Waals surface area contributed by atoms with Gasteiger partial charge < -0.3 is 19.5 Å². The molecule has 3 aromatic carbocycles. The Kier molecular flexibility index (Phi) is 7.96. The fourth-order valence-electron chi connectivity index (χ4n) is 2.80. The van der Waals surface area contributed by atoms with Crippen LogP contribution in [-0.2, 0) is 9.59 Å². The van der Waals surface area contributed by atoms with Crippen LogP contribution >= 0.6 is 0 Å². The van der Waals surface area contributed by atoms with Gasteiger partial charge in [-0.25, -0.2) is 10.2 Å². The quantitative estimate of drug-likeness (QED) is 0.183. The van der Waals surface area contributed by atoms with Crippen molar-refractivity contribution in [2.45, 2.75) is 6.92 Å². The van der Waals surface area contributed by atoms with E-state index in [1.54, 1.807) is 54.6 Å². The van der Waals surface area contributed by atoms with Crippen LogP contribution in [0.2, 0.25) is 0 Å². The number of hydrogen-bond acceptors (Lipinski definition) is 7. The lowest BCUT2D eigenvalue weighted by atomic mass is 10.1. The smallest absolute Gasteiger partial charge is 0.343 e. The maximum absolute atomic E-state index is 12.4. The molecule has 0 heterocycles. The van der Waals surface area contributed by atoms with Crippen molar-refractivity contribution >= 4 is 29.7 Å². The van der Waals surface area contributed by atoms with E-state index in [0.717, 1.165) is 5.56 Å². The van der Waals surface area contributed by atoms with Crippen molar-refractivity contribution in [3.05, 3.63) is 83.4 Å². The summed E-state index contributed by atoms with van der Waals surface area (Å²) in [6.07, 6.45) is 1.32. The summed E-state index contributed by atoms with van der Waals surface area (Å²) in [6.45, 7) is 1.92. The first kappa shape index (κ1) is 24.0. The zero-order valence-electron chi connectivity index (χ0n) is 18.8. The van der Waals surface area contributed by atoms with E-state index in [4.69, 9.17) is 14.2 Å². The fourth-order valence-corrected chi connectivity index (χ4v) is 2.80. The van der Waals surface area contributed by atoms with Crippen LogP contribution in [0, 0.1) is 6.92 Å². The lowest BCUT2D eigenvalue weighted by molar-refractivity contribution is -0.136. The number of rotatable bonds is 7. The normalized spacial score (nSPS) is 10.4. The zero-order valence-corrected chi connectivity index (χ0v) is 18.8. The van der Waals surface area contributed by atoms with Gasteiger partial charge in [-0.15, -0.1) is 0 Å². The second kappa shape index (κ2) is 11.3. The third kappa shape index (κ3) is 6.42. The van der Waals surface area contributed by atoms with E-state index >= 15 is 0 Å². The number of benzene rings is 3. The minimum Gasteiger partial charge on any atom is -0.497 e. The number of hydrogen-bond donors (Lipinski definition) is 2. The van der Waals surface area contributed by atoms with E-state index in [1.165, 1.54) is 20.4 Å². The molecule has 0 saturated carbocycles. The van der Waals surface area contributed by atoms with Gasteiger partial charge in [0.25, 0.3) is 0 Å². The molecule has 0 saturated heterocycles. The molecule has 2 amide bonds. The number of carbonyl (C=O) groups is 3. The first-order chi connectivity index (χ1) is 16.4. The van der Waals surface area contributed by atoms with Gasteiger partial charge in [0.2, 0.25) is 0 Å². The second-order valence-corrected chi connectivity index (χ2v) is 7.05. The molecule has 0 spiro atoms. The number of hydrazone groups is 1. The minimum atomic E-state index is -0.949. The number of esters is 1. The number of anilines is 1. The molecule has 0 aromatic heterocycles. The Bertz CT molecular complexity index is 1220. The Balaban J connectivity index is 1.59. The Morgan fingerprint density at radius 2 is 1.62 bits per heavy atom. The molecule has 0 fully saturated rings. The third-order valence-electron chi connectivity index (χ3n) is 4.59. The van der Waals surface area contributed by atoms with Crippen molar-refractivity contribution in [1.82, 2.24) is 5.43 Å². The van der Waals surface area contributed by atoms with Gasteiger partial charge in [0.05, 0.1) is 26.0 Å². The topological polar surface area (TPSA) is 115 Å². The molecule has 0 atom stereocenters. The minimum absolute atomic E-state index is 0.229. The van der Waals surface area contributed by atoms with E-state index in [9.17, 15) is 14.4 Å². The van der Waals surface area contributed by atoms with Crippen LogP contribution in [0.25, 0.3) is 0 Å². The number of carbonyl (C=O) groups excluding carboxylic acids is 3. The van der Waals surface area contributed by atoms with Gasteiger partial charge in [-0.05, 0) is 55.0 Å². The van der Waals surface area contributed by atoms with Crippen molar-refractivity contribution in [1.29, 1.82) is 0 Å². The molecule has 3 rings (SSSR count). The molecule has 0 unspecified atom stereocenters. The molecule has 174 valence electrons. The Hall–Kier alpha value is -4.66. The lowest BCUT2D eigenvalue weighted by Gasteiger charge is -2.10. The summed E-state index contributed by atoms with van der Waals surface area (Å²) in [6, 6.07) is 18.3. The zero-order chi connectivity index (χ0) is 24.5. The molecule has 34 heavy (non-hydrogen) atoms. The predicted molar refractivity (Wildman–Crippen MR) is 126 cm³/mol. The summed E-state index contributed by atoms with van der Waals surface area (Å²) in [5.41, 5.74) is 4.54. The molecule has 0 bridgehead atoms. The number of methoxy groups -OCH3 is 2. The molecular formula is C25H23N3O6. The fraction of sp³-hybridized carbons (Fsp3) is 0.120. The van der Waals surface area contributed by atoms with E-state index < -0.39 is 17.8 Å². The summed E-state index contributed by atoms with van der Waals surface area (Å²) in [7, 11) is 2.93. The van der Waals surface area contributed by atoms with Crippen LogP contribution in [0.4, 0.5) is 5.69 Å². The summed E-state index contributed by atoms with van der Waals surface area (Å²) >= 11 is 0. The lowest BCUT2D eigenvalue weighted by Crippen LogP contribution is -2.32. The number of aryl methyl sites for hydroxylation is 1. The van der Waals surface area contributed by atoms with Crippen LogP contribution in [0.1, 0.15) is 21.5 Å². The monoisotopic (exact) mass is 461 g/mol. The Labute approximate surface area is 196 Å². The van der Waals surface area contributed by atoms with Crippen molar-refractivity contribution in [3.63, 3.8) is 0 Å². The maximum Gasteiger partial charge on any atom is 0.343 e. The number of amides is 2. The largest absolute Gasteiger partial charge is 0.497 e. The summed E-state index contributed by atoms with van der Waals surface area (Å²) in [5, 5.41) is 6.24. The van der Waals surface area contributed by atoms with Crippen molar-refractivity contribution in [2.75, 3.05) is 19.5 Å². The van der Waals surface area contributed by atoms with E-state index in [2.05, 4.69) is 15.8 Å². The van der Waals surface area contributed by atoms with Crippen LogP contribution in [0.15, 0.2) is 71.8 Å². The van der Waals surface area contributed by atoms with Gasteiger partial charge in [-0.2, -0.15) is 5.10 Å². The van der Waals surface area contributed by atoms with Crippen LogP contribution in [0.5, 0.6) is 17.2 Å². The van der Waals surface area contributed by atoms with E-state index in [-0.39, 0.29) is 5.75 Å². The SMILES string of the molecule is COc1cccc(NC(=O)C(=O)N/N=C/c2ccc(OC(=O)c3ccc(C)cc3)c(OC)c2)c1. The highest BCUT2D eigenvalue weighted by molar-refractivity contribution is 6.39. The molecule has 3 aromatic rings. The first-order valence-corrected chi connectivity index (χ1v) is 10.1. The highest BCUT2D eigenvalue weighted by atomic mass is 16.6. The average molecular weight is 461 g/mol. The van der Waals surface area contributed by atoms with Crippen LogP contribution < -0.4 is 25.0 Å². The summed E-state index contributed by atoms with van der Waals surface area (Å²) in [5.74, 6) is -1.29. The van der Waals surface area contributed by atoms with Gasteiger partial charge in [-0.1, -0.05) is 23.8 Å². The standard InChI is InChI=1S/C25H23N3O6/c1-16-7-10-18(11-8-16)25(31)34-21-12-9-17(13-22(21)33-3)15-26-28-24(30)23(29)27-19-5-4-6-20(14-19)32-2/h4-15H,1-3H3,(H,27,29)(H,28,30)/b26-15+. The maximum atomic E-state index is 12.4. The molecule has 9 nitrogen and oxygen atoms in total. The number of nitrogens with zero attached hydrogens (tertiary/aromatic N) is 1. The molecule has 2 N–H and O–H groups in total. The van der Waals surface area contributed by atoms with Crippen molar-refractivity contribution in [2.24, 2.45) is 5.10 Å². The average Bonchev–Trinajstić information content (AvgIpc) is 2.85. The van der Waals surface area contributed by atoms with Gasteiger partial charge in [0, 0.05) is 11.8 Å². The van der Waals surface area contributed by atoms with E-state index in [0.29, 0.717) is 28.3 Å². The van der Waals surface area contributed by atoms with Gasteiger partial charge in [0.1, 0.15) is 5.75 Å². The predicted octanol–water partition coefficient (Wildman–Crippen LogP) is 3.32. The van der Waals surface area contributed by atoms with E-state index in [1.807, 2.05) is 19.1 Å². The van der Waals surface area contributed by atoms with Gasteiger partial charge >= 0.3 is 17.8 Å². The molecule has 0 radical (unpaired) electrons. The number of nitrogens with one attached hydrogen (secondary N) is 2. The highest BCUT2D eigenvalue weighted by Gasteiger charge is 2.14. The molecule has 9 heteroatoms. The summed E-state index contributed by atoms with van der Waals surface area (Å²) in [4.78, 5) is 36.4. The van der Waals surface area contributed by atoms with Gasteiger partial charge in [0.15, 0.2) is 11.5 Å². The first-order valence-electron chi connectivity index (χ1n) is 10.1.